The number of carbonyl (C=O) groups is 2. The van der Waals surface area contributed by atoms with Gasteiger partial charge in [-0.15, -0.1) is 0 Å². The predicted octanol–water partition coefficient (Wildman–Crippen LogP) is 1.66. The minimum absolute atomic E-state index is 0.138. The quantitative estimate of drug-likeness (QED) is 0.313. The summed E-state index contributed by atoms with van der Waals surface area (Å²) in [5, 5.41) is 3.28. The van der Waals surface area contributed by atoms with E-state index in [-0.39, 0.29) is 28.9 Å². The van der Waals surface area contributed by atoms with E-state index in [0.717, 1.165) is 0 Å². The maximum atomic E-state index is 12.4. The fourth-order valence-electron chi connectivity index (χ4n) is 2.20. The number of ether oxygens (including phenoxy) is 1. The van der Waals surface area contributed by atoms with Crippen LogP contribution < -0.4 is 5.32 Å². The van der Waals surface area contributed by atoms with Crippen LogP contribution in [0.25, 0.3) is 0 Å². The highest BCUT2D eigenvalue weighted by molar-refractivity contribution is 7.99. The third-order valence-corrected chi connectivity index (χ3v) is 6.57. The van der Waals surface area contributed by atoms with Crippen LogP contribution in [0.4, 0.5) is 0 Å². The molecule has 0 saturated carbocycles. The molecule has 27 heavy (non-hydrogen) atoms. The lowest BCUT2D eigenvalue weighted by Crippen LogP contribution is -2.30. The van der Waals surface area contributed by atoms with E-state index in [9.17, 15) is 18.0 Å². The van der Waals surface area contributed by atoms with E-state index in [1.54, 1.807) is 26.8 Å². The second-order valence-electron chi connectivity index (χ2n) is 5.47. The van der Waals surface area contributed by atoms with Gasteiger partial charge in [0.15, 0.2) is 0 Å². The largest absolute Gasteiger partial charge is 0.466 e. The van der Waals surface area contributed by atoms with E-state index in [2.05, 4.69) is 10.3 Å². The zero-order valence-corrected chi connectivity index (χ0v) is 17.6. The van der Waals surface area contributed by atoms with E-state index in [1.807, 2.05) is 0 Å². The first-order valence-electron chi connectivity index (χ1n) is 8.86. The molecular formula is C17H27N3O5S2. The molecule has 152 valence electrons. The van der Waals surface area contributed by atoms with Gasteiger partial charge in [-0.1, -0.05) is 25.6 Å². The number of sulfonamides is 1. The van der Waals surface area contributed by atoms with Gasteiger partial charge >= 0.3 is 5.97 Å². The second kappa shape index (κ2) is 11.9. The van der Waals surface area contributed by atoms with Crippen molar-refractivity contribution in [2.24, 2.45) is 0 Å². The van der Waals surface area contributed by atoms with Gasteiger partial charge in [-0.25, -0.2) is 13.4 Å². The summed E-state index contributed by atoms with van der Waals surface area (Å²) in [5.41, 5.74) is 0. The first kappa shape index (κ1) is 23.4. The molecular weight excluding hydrogens is 390 g/mol. The summed E-state index contributed by atoms with van der Waals surface area (Å²) in [7, 11) is -3.53. The minimum Gasteiger partial charge on any atom is -0.466 e. The smallest absolute Gasteiger partial charge is 0.305 e. The van der Waals surface area contributed by atoms with E-state index in [0.29, 0.717) is 37.7 Å². The molecule has 1 rings (SSSR count). The molecule has 1 aromatic heterocycles. The molecule has 0 unspecified atom stereocenters. The van der Waals surface area contributed by atoms with Crippen LogP contribution in [0.1, 0.15) is 33.6 Å². The summed E-state index contributed by atoms with van der Waals surface area (Å²) in [4.78, 5) is 27.2. The summed E-state index contributed by atoms with van der Waals surface area (Å²) in [5.74, 6) is -0.287. The van der Waals surface area contributed by atoms with E-state index < -0.39 is 10.0 Å². The van der Waals surface area contributed by atoms with E-state index in [1.165, 1.54) is 28.3 Å². The number of rotatable bonds is 12. The van der Waals surface area contributed by atoms with Crippen molar-refractivity contribution < 1.29 is 22.7 Å². The summed E-state index contributed by atoms with van der Waals surface area (Å²) in [6.45, 7) is 6.85. The number of nitrogens with zero attached hydrogens (tertiary/aromatic N) is 2. The van der Waals surface area contributed by atoms with Gasteiger partial charge in [0.2, 0.25) is 15.9 Å². The number of aromatic nitrogens is 1. The highest BCUT2D eigenvalue weighted by atomic mass is 32.2. The lowest BCUT2D eigenvalue weighted by molar-refractivity contribution is -0.143. The lowest BCUT2D eigenvalue weighted by atomic mass is 10.3. The molecule has 0 saturated heterocycles. The van der Waals surface area contributed by atoms with Gasteiger partial charge in [-0.2, -0.15) is 4.31 Å². The maximum Gasteiger partial charge on any atom is 0.305 e. The molecule has 0 aliphatic heterocycles. The Labute approximate surface area is 165 Å². The van der Waals surface area contributed by atoms with Gasteiger partial charge in [0.25, 0.3) is 0 Å². The number of hydrogen-bond donors (Lipinski definition) is 1. The van der Waals surface area contributed by atoms with Crippen LogP contribution in [0.5, 0.6) is 0 Å². The number of hydrogen-bond acceptors (Lipinski definition) is 7. The van der Waals surface area contributed by atoms with Crippen molar-refractivity contribution in [1.82, 2.24) is 14.6 Å². The molecule has 0 spiro atoms. The molecule has 10 heteroatoms. The average molecular weight is 418 g/mol. The topological polar surface area (TPSA) is 106 Å². The Hall–Kier alpha value is -1.65. The fourth-order valence-corrected chi connectivity index (χ4v) is 4.28. The molecule has 8 nitrogen and oxygen atoms in total. The second-order valence-corrected chi connectivity index (χ2v) is 8.40. The van der Waals surface area contributed by atoms with Crippen LogP contribution in [0.2, 0.25) is 0 Å². The Balaban J connectivity index is 2.43. The summed E-state index contributed by atoms with van der Waals surface area (Å²) in [6, 6.07) is 3.09. The number of pyridine rings is 1. The Morgan fingerprint density at radius 3 is 2.48 bits per heavy atom. The molecule has 0 bridgehead atoms. The van der Waals surface area contributed by atoms with Crippen LogP contribution in [0, 0.1) is 0 Å². The van der Waals surface area contributed by atoms with Gasteiger partial charge < -0.3 is 10.1 Å². The monoisotopic (exact) mass is 417 g/mol. The van der Waals surface area contributed by atoms with Gasteiger partial charge in [0.05, 0.1) is 17.4 Å². The molecule has 0 aliphatic carbocycles. The van der Waals surface area contributed by atoms with Crippen molar-refractivity contribution in [3.63, 3.8) is 0 Å². The standard InChI is InChI=1S/C17H27N3O5S2/c1-4-20(5-2)27(23,24)14-9-10-16(19-12-14)26-13-15(21)18-11-7-8-17(22)25-6-3/h9-10,12H,4-8,11,13H2,1-3H3,(H,18,21). The molecule has 0 aliphatic rings. The van der Waals surface area contributed by atoms with Crippen LogP contribution in [0.3, 0.4) is 0 Å². The third kappa shape index (κ3) is 7.86. The third-order valence-electron chi connectivity index (χ3n) is 3.59. The first-order chi connectivity index (χ1) is 12.8. The van der Waals surface area contributed by atoms with Gasteiger partial charge in [0.1, 0.15) is 4.90 Å². The minimum atomic E-state index is -3.53. The molecule has 0 atom stereocenters. The van der Waals surface area contributed by atoms with Crippen molar-refractivity contribution in [1.29, 1.82) is 0 Å². The first-order valence-corrected chi connectivity index (χ1v) is 11.3. The van der Waals surface area contributed by atoms with E-state index >= 15 is 0 Å². The average Bonchev–Trinajstić information content (AvgIpc) is 2.65. The van der Waals surface area contributed by atoms with Crippen molar-refractivity contribution in [2.75, 3.05) is 32.0 Å². The number of esters is 1. The summed E-state index contributed by atoms with van der Waals surface area (Å²) in [6.07, 6.45) is 2.10. The van der Waals surface area contributed by atoms with Crippen LogP contribution >= 0.6 is 11.8 Å². The van der Waals surface area contributed by atoms with E-state index in [4.69, 9.17) is 4.74 Å². The molecule has 1 heterocycles. The Morgan fingerprint density at radius 1 is 1.22 bits per heavy atom. The Bertz CT molecular complexity index is 704. The maximum absolute atomic E-state index is 12.4. The highest BCUT2D eigenvalue weighted by Crippen LogP contribution is 2.19. The van der Waals surface area contributed by atoms with Crippen LogP contribution in [-0.2, 0) is 24.3 Å². The summed E-state index contributed by atoms with van der Waals surface area (Å²) < 4.78 is 30.9. The van der Waals surface area contributed by atoms with Crippen molar-refractivity contribution in [3.8, 4) is 0 Å². The number of amides is 1. The molecule has 0 fully saturated rings. The summed E-state index contributed by atoms with van der Waals surface area (Å²) >= 11 is 1.22. The Kier molecular flexibility index (Phi) is 10.3. The predicted molar refractivity (Wildman–Crippen MR) is 104 cm³/mol. The number of thioether (sulfide) groups is 1. The molecule has 1 N–H and O–H groups in total. The molecule has 1 amide bonds. The zero-order chi connectivity index (χ0) is 20.3. The lowest BCUT2D eigenvalue weighted by Gasteiger charge is -2.18. The normalized spacial score (nSPS) is 11.4. The van der Waals surface area contributed by atoms with Gasteiger partial charge in [0, 0.05) is 32.3 Å². The van der Waals surface area contributed by atoms with Crippen LogP contribution in [0.15, 0.2) is 28.3 Å². The number of carbonyl (C=O) groups excluding carboxylic acids is 2. The van der Waals surface area contributed by atoms with Crippen molar-refractivity contribution in [3.05, 3.63) is 18.3 Å². The van der Waals surface area contributed by atoms with Gasteiger partial charge in [-0.3, -0.25) is 9.59 Å². The molecule has 1 aromatic rings. The molecule has 0 radical (unpaired) electrons. The number of nitrogens with one attached hydrogen (secondary N) is 1. The van der Waals surface area contributed by atoms with Gasteiger partial charge in [-0.05, 0) is 25.5 Å². The fraction of sp³-hybridized carbons (Fsp3) is 0.588. The Morgan fingerprint density at radius 2 is 1.93 bits per heavy atom. The SMILES string of the molecule is CCOC(=O)CCCNC(=O)CSc1ccc(S(=O)(=O)N(CC)CC)cn1. The van der Waals surface area contributed by atoms with Crippen molar-refractivity contribution in [2.45, 2.75) is 43.5 Å². The van der Waals surface area contributed by atoms with Crippen molar-refractivity contribution >= 4 is 33.7 Å². The zero-order valence-electron chi connectivity index (χ0n) is 15.9. The highest BCUT2D eigenvalue weighted by Gasteiger charge is 2.21. The molecule has 0 aromatic carbocycles. The van der Waals surface area contributed by atoms with Crippen LogP contribution in [-0.4, -0.2) is 61.6 Å².